The lowest BCUT2D eigenvalue weighted by atomic mass is 10.1. The lowest BCUT2D eigenvalue weighted by molar-refractivity contribution is -0.384. The summed E-state index contributed by atoms with van der Waals surface area (Å²) in [7, 11) is 3.47. The minimum absolute atomic E-state index is 0.0303. The summed E-state index contributed by atoms with van der Waals surface area (Å²) in [6.45, 7) is 8.90. The van der Waals surface area contributed by atoms with Crippen molar-refractivity contribution in [2.45, 2.75) is 20.8 Å². The molecule has 1 aliphatic rings. The average Bonchev–Trinajstić information content (AvgIpc) is 2.75. The monoisotopic (exact) mass is 415 g/mol. The van der Waals surface area contributed by atoms with Crippen LogP contribution in [0.4, 0.5) is 17.1 Å². The molecule has 0 saturated carbocycles. The summed E-state index contributed by atoms with van der Waals surface area (Å²) in [5.41, 5.74) is 1.88. The standard InChI is InChI=1S/C19H23N5O4.C2H6/c1-13-6-7-20-19(28-3)17(13)18(25)21-14-4-5-15(16(12-14)24(26)27)23-10-8-22(2)9-11-23;1-2/h4-7,12H,8-11H2,1-3H3,(H,21,25);1-2H3. The number of carbonyl (C=O) groups is 1. The number of ether oxygens (including phenoxy) is 1. The van der Waals surface area contributed by atoms with Crippen molar-refractivity contribution >= 4 is 23.0 Å². The number of nitrogens with zero attached hydrogens (tertiary/aromatic N) is 4. The normalized spacial score (nSPS) is 13.8. The molecule has 0 radical (unpaired) electrons. The van der Waals surface area contributed by atoms with E-state index in [1.54, 1.807) is 31.3 Å². The Balaban J connectivity index is 0.00000155. The molecule has 3 rings (SSSR count). The topological polar surface area (TPSA) is 101 Å². The molecule has 162 valence electrons. The predicted molar refractivity (Wildman–Crippen MR) is 118 cm³/mol. The molecule has 1 aromatic carbocycles. The number of benzene rings is 1. The molecule has 0 bridgehead atoms. The van der Waals surface area contributed by atoms with E-state index < -0.39 is 10.8 Å². The van der Waals surface area contributed by atoms with Gasteiger partial charge in [0, 0.05) is 44.1 Å². The summed E-state index contributed by atoms with van der Waals surface area (Å²) in [5.74, 6) is -0.217. The van der Waals surface area contributed by atoms with Gasteiger partial charge in [0.05, 0.1) is 12.0 Å². The molecule has 1 N–H and O–H groups in total. The highest BCUT2D eigenvalue weighted by molar-refractivity contribution is 6.07. The molecule has 2 heterocycles. The van der Waals surface area contributed by atoms with Gasteiger partial charge < -0.3 is 19.9 Å². The van der Waals surface area contributed by atoms with Crippen molar-refractivity contribution < 1.29 is 14.5 Å². The van der Waals surface area contributed by atoms with Crippen LogP contribution >= 0.6 is 0 Å². The molecule has 1 saturated heterocycles. The van der Waals surface area contributed by atoms with Crippen LogP contribution in [0.1, 0.15) is 29.8 Å². The van der Waals surface area contributed by atoms with Gasteiger partial charge in [-0.1, -0.05) is 13.8 Å². The van der Waals surface area contributed by atoms with Gasteiger partial charge in [-0.15, -0.1) is 0 Å². The van der Waals surface area contributed by atoms with E-state index in [9.17, 15) is 14.9 Å². The Bertz CT molecular complexity index is 895. The zero-order valence-corrected chi connectivity index (χ0v) is 18.1. The van der Waals surface area contributed by atoms with E-state index in [1.165, 1.54) is 13.2 Å². The molecule has 1 amide bonds. The van der Waals surface area contributed by atoms with Crippen LogP contribution in [-0.4, -0.2) is 61.1 Å². The number of nitrogens with one attached hydrogen (secondary N) is 1. The van der Waals surface area contributed by atoms with Gasteiger partial charge in [0.2, 0.25) is 5.88 Å². The number of likely N-dealkylation sites (N-methyl/N-ethyl adjacent to an activating group) is 1. The van der Waals surface area contributed by atoms with Gasteiger partial charge in [0.25, 0.3) is 11.6 Å². The quantitative estimate of drug-likeness (QED) is 0.590. The van der Waals surface area contributed by atoms with E-state index in [4.69, 9.17) is 4.74 Å². The minimum Gasteiger partial charge on any atom is -0.480 e. The van der Waals surface area contributed by atoms with Crippen LogP contribution in [0.15, 0.2) is 30.5 Å². The zero-order chi connectivity index (χ0) is 22.3. The summed E-state index contributed by atoms with van der Waals surface area (Å²) in [4.78, 5) is 32.1. The Morgan fingerprint density at radius 3 is 2.47 bits per heavy atom. The smallest absolute Gasteiger partial charge is 0.294 e. The fourth-order valence-corrected chi connectivity index (χ4v) is 3.22. The molecule has 30 heavy (non-hydrogen) atoms. The maximum Gasteiger partial charge on any atom is 0.294 e. The van der Waals surface area contributed by atoms with Crippen LogP contribution in [-0.2, 0) is 0 Å². The third kappa shape index (κ3) is 5.24. The second kappa shape index (κ2) is 10.5. The van der Waals surface area contributed by atoms with Crippen molar-refractivity contribution in [2.24, 2.45) is 0 Å². The van der Waals surface area contributed by atoms with Crippen molar-refractivity contribution in [1.29, 1.82) is 0 Å². The Hall–Kier alpha value is -3.20. The Morgan fingerprint density at radius 1 is 1.20 bits per heavy atom. The average molecular weight is 415 g/mol. The predicted octanol–water partition coefficient (Wildman–Crippen LogP) is 3.34. The van der Waals surface area contributed by atoms with Crippen LogP contribution in [0.5, 0.6) is 5.88 Å². The highest BCUT2D eigenvalue weighted by Gasteiger charge is 2.24. The van der Waals surface area contributed by atoms with Gasteiger partial charge >= 0.3 is 0 Å². The number of aryl methyl sites for hydroxylation is 1. The lowest BCUT2D eigenvalue weighted by Gasteiger charge is -2.33. The Kier molecular flexibility index (Phi) is 8.11. The summed E-state index contributed by atoms with van der Waals surface area (Å²) in [5, 5.41) is 14.3. The van der Waals surface area contributed by atoms with Crippen LogP contribution < -0.4 is 15.0 Å². The third-order valence-electron chi connectivity index (χ3n) is 4.82. The third-order valence-corrected chi connectivity index (χ3v) is 4.82. The number of hydrogen-bond acceptors (Lipinski definition) is 7. The molecule has 0 atom stereocenters. The maximum absolute atomic E-state index is 12.7. The molecule has 9 nitrogen and oxygen atoms in total. The Morgan fingerprint density at radius 2 is 1.87 bits per heavy atom. The van der Waals surface area contributed by atoms with Gasteiger partial charge in [-0.05, 0) is 37.7 Å². The maximum atomic E-state index is 12.7. The van der Waals surface area contributed by atoms with Gasteiger partial charge in [-0.2, -0.15) is 0 Å². The highest BCUT2D eigenvalue weighted by Crippen LogP contribution is 2.32. The molecule has 0 spiro atoms. The number of methoxy groups -OCH3 is 1. The molecule has 0 unspecified atom stereocenters. The molecule has 0 aliphatic carbocycles. The number of aromatic nitrogens is 1. The van der Waals surface area contributed by atoms with E-state index in [2.05, 4.69) is 15.2 Å². The van der Waals surface area contributed by atoms with Crippen LogP contribution in [0.2, 0.25) is 0 Å². The molecule has 1 aromatic heterocycles. The van der Waals surface area contributed by atoms with Crippen molar-refractivity contribution in [2.75, 3.05) is 50.6 Å². The summed E-state index contributed by atoms with van der Waals surface area (Å²) >= 11 is 0. The summed E-state index contributed by atoms with van der Waals surface area (Å²) < 4.78 is 5.16. The van der Waals surface area contributed by atoms with E-state index in [0.29, 0.717) is 22.5 Å². The first-order chi connectivity index (χ1) is 14.4. The number of nitro benzene ring substituents is 1. The van der Waals surface area contributed by atoms with Crippen molar-refractivity contribution in [3.8, 4) is 5.88 Å². The first kappa shape index (κ1) is 23.1. The molecular weight excluding hydrogens is 386 g/mol. The second-order valence-corrected chi connectivity index (χ2v) is 6.72. The SMILES string of the molecule is CC.COc1nccc(C)c1C(=O)Nc1ccc(N2CCN(C)CC2)c([N+](=O)[O-])c1. The van der Waals surface area contributed by atoms with Gasteiger partial charge in [0.1, 0.15) is 11.3 Å². The first-order valence-corrected chi connectivity index (χ1v) is 9.93. The number of nitro groups is 1. The first-order valence-electron chi connectivity index (χ1n) is 9.93. The fraction of sp³-hybridized carbons (Fsp3) is 0.429. The van der Waals surface area contributed by atoms with Crippen LogP contribution in [0.25, 0.3) is 0 Å². The molecule has 9 heteroatoms. The lowest BCUT2D eigenvalue weighted by Crippen LogP contribution is -2.44. The van der Waals surface area contributed by atoms with E-state index >= 15 is 0 Å². The van der Waals surface area contributed by atoms with E-state index in [1.807, 2.05) is 25.8 Å². The van der Waals surface area contributed by atoms with Crippen LogP contribution in [0.3, 0.4) is 0 Å². The zero-order valence-electron chi connectivity index (χ0n) is 18.1. The number of piperazine rings is 1. The van der Waals surface area contributed by atoms with Gasteiger partial charge in [-0.3, -0.25) is 14.9 Å². The fourth-order valence-electron chi connectivity index (χ4n) is 3.22. The second-order valence-electron chi connectivity index (χ2n) is 6.72. The van der Waals surface area contributed by atoms with Crippen LogP contribution in [0, 0.1) is 17.0 Å². The summed E-state index contributed by atoms with van der Waals surface area (Å²) in [6, 6.07) is 6.46. The minimum atomic E-state index is -0.427. The van der Waals surface area contributed by atoms with Gasteiger partial charge in [-0.25, -0.2) is 4.98 Å². The van der Waals surface area contributed by atoms with E-state index in [0.717, 1.165) is 26.2 Å². The number of amides is 1. The number of rotatable bonds is 5. The highest BCUT2D eigenvalue weighted by atomic mass is 16.6. The van der Waals surface area contributed by atoms with Crippen molar-refractivity contribution in [1.82, 2.24) is 9.88 Å². The molecule has 1 aliphatic heterocycles. The van der Waals surface area contributed by atoms with Crippen molar-refractivity contribution in [3.05, 3.63) is 51.7 Å². The molecule has 2 aromatic rings. The van der Waals surface area contributed by atoms with Crippen molar-refractivity contribution in [3.63, 3.8) is 0 Å². The molecule has 1 fully saturated rings. The van der Waals surface area contributed by atoms with E-state index in [-0.39, 0.29) is 11.6 Å². The Labute approximate surface area is 176 Å². The summed E-state index contributed by atoms with van der Waals surface area (Å²) in [6.07, 6.45) is 1.56. The largest absolute Gasteiger partial charge is 0.480 e. The number of pyridine rings is 1. The molecular formula is C21H29N5O4. The number of carbonyl (C=O) groups excluding carboxylic acids is 1. The number of hydrogen-bond donors (Lipinski definition) is 1. The number of anilines is 2. The van der Waals surface area contributed by atoms with Gasteiger partial charge in [0.15, 0.2) is 0 Å².